The van der Waals surface area contributed by atoms with Crippen LogP contribution in [0, 0.1) is 0 Å². The van der Waals surface area contributed by atoms with Crippen molar-refractivity contribution in [2.75, 3.05) is 51.2 Å². The second-order valence-corrected chi connectivity index (χ2v) is 5.93. The lowest BCUT2D eigenvalue weighted by Gasteiger charge is -2.34. The van der Waals surface area contributed by atoms with E-state index in [1.807, 2.05) is 13.2 Å². The first kappa shape index (κ1) is 17.7. The number of carbonyl (C=O) groups is 1. The summed E-state index contributed by atoms with van der Waals surface area (Å²) in [5.74, 6) is 1.13. The molecule has 0 saturated carbocycles. The molecule has 6 nitrogen and oxygen atoms in total. The highest BCUT2D eigenvalue weighted by Gasteiger charge is 2.16. The summed E-state index contributed by atoms with van der Waals surface area (Å²) in [5.41, 5.74) is 1.04. The highest BCUT2D eigenvalue weighted by Crippen LogP contribution is 2.14. The molecule has 0 radical (unpaired) electrons. The molecule has 6 heteroatoms. The number of amides is 1. The number of nitrogens with zero attached hydrogens (tertiary/aromatic N) is 3. The maximum Gasteiger partial charge on any atom is 0.220 e. The summed E-state index contributed by atoms with van der Waals surface area (Å²) < 4.78 is 0. The van der Waals surface area contributed by atoms with Crippen molar-refractivity contribution >= 4 is 11.7 Å². The van der Waals surface area contributed by atoms with Gasteiger partial charge in [0.25, 0.3) is 0 Å². The zero-order valence-electron chi connectivity index (χ0n) is 14.3. The maximum atomic E-state index is 11.7. The van der Waals surface area contributed by atoms with Gasteiger partial charge in [-0.25, -0.2) is 4.98 Å². The van der Waals surface area contributed by atoms with E-state index in [1.165, 1.54) is 0 Å². The third-order valence-corrected chi connectivity index (χ3v) is 4.27. The Kier molecular flexibility index (Phi) is 7.29. The summed E-state index contributed by atoms with van der Waals surface area (Å²) in [5, 5.41) is 5.99. The van der Waals surface area contributed by atoms with Gasteiger partial charge in [-0.05, 0) is 38.2 Å². The van der Waals surface area contributed by atoms with Gasteiger partial charge in [0, 0.05) is 45.3 Å². The lowest BCUT2D eigenvalue weighted by molar-refractivity contribution is -0.121. The maximum absolute atomic E-state index is 11.7. The van der Waals surface area contributed by atoms with E-state index in [1.54, 1.807) is 0 Å². The molecule has 1 aromatic rings. The van der Waals surface area contributed by atoms with Gasteiger partial charge in [0.15, 0.2) is 0 Å². The Morgan fingerprint density at radius 1 is 1.26 bits per heavy atom. The number of carbonyl (C=O) groups excluding carboxylic acids is 1. The smallest absolute Gasteiger partial charge is 0.220 e. The molecule has 2 heterocycles. The fourth-order valence-electron chi connectivity index (χ4n) is 2.72. The Hall–Kier alpha value is -1.66. The molecule has 0 unspecified atom stereocenters. The van der Waals surface area contributed by atoms with Crippen LogP contribution >= 0.6 is 0 Å². The molecular formula is C17H29N5O. The molecule has 1 aliphatic rings. The number of pyridine rings is 1. The Bertz CT molecular complexity index is 468. The number of likely N-dealkylation sites (N-methyl/N-ethyl adjacent to an activating group) is 1. The predicted molar refractivity (Wildman–Crippen MR) is 93.6 cm³/mol. The first-order valence-electron chi connectivity index (χ1n) is 8.56. The SMILES string of the molecule is CCN1CCN(c2ccc(CNC(=O)CCCNC)cn2)CC1. The largest absolute Gasteiger partial charge is 0.354 e. The molecule has 0 aromatic carbocycles. The summed E-state index contributed by atoms with van der Waals surface area (Å²) in [4.78, 5) is 21.0. The molecule has 1 aliphatic heterocycles. The van der Waals surface area contributed by atoms with Crippen molar-refractivity contribution in [3.8, 4) is 0 Å². The number of nitrogens with one attached hydrogen (secondary N) is 2. The molecule has 23 heavy (non-hydrogen) atoms. The van der Waals surface area contributed by atoms with Gasteiger partial charge in [-0.15, -0.1) is 0 Å². The highest BCUT2D eigenvalue weighted by atomic mass is 16.1. The molecular weight excluding hydrogens is 290 g/mol. The van der Waals surface area contributed by atoms with E-state index in [4.69, 9.17) is 0 Å². The van der Waals surface area contributed by atoms with Crippen LogP contribution in [-0.2, 0) is 11.3 Å². The molecule has 0 spiro atoms. The van der Waals surface area contributed by atoms with Crippen molar-refractivity contribution in [1.82, 2.24) is 20.5 Å². The number of anilines is 1. The number of rotatable bonds is 8. The second kappa shape index (κ2) is 9.47. The summed E-state index contributed by atoms with van der Waals surface area (Å²) in [6.45, 7) is 9.00. The van der Waals surface area contributed by atoms with Crippen LogP contribution in [0.3, 0.4) is 0 Å². The minimum Gasteiger partial charge on any atom is -0.354 e. The van der Waals surface area contributed by atoms with Crippen LogP contribution < -0.4 is 15.5 Å². The lowest BCUT2D eigenvalue weighted by Crippen LogP contribution is -2.46. The van der Waals surface area contributed by atoms with Crippen molar-refractivity contribution in [3.63, 3.8) is 0 Å². The Balaban J connectivity index is 1.75. The van der Waals surface area contributed by atoms with Crippen LogP contribution in [0.1, 0.15) is 25.3 Å². The molecule has 2 rings (SSSR count). The van der Waals surface area contributed by atoms with Gasteiger partial charge in [0.1, 0.15) is 5.82 Å². The average molecular weight is 319 g/mol. The van der Waals surface area contributed by atoms with E-state index in [0.29, 0.717) is 13.0 Å². The Morgan fingerprint density at radius 2 is 2.04 bits per heavy atom. The van der Waals surface area contributed by atoms with Crippen molar-refractivity contribution in [2.45, 2.75) is 26.3 Å². The number of aromatic nitrogens is 1. The average Bonchev–Trinajstić information content (AvgIpc) is 2.61. The van der Waals surface area contributed by atoms with E-state index in [-0.39, 0.29) is 5.91 Å². The van der Waals surface area contributed by atoms with Gasteiger partial charge in [0.05, 0.1) is 0 Å². The number of piperazine rings is 1. The summed E-state index contributed by atoms with van der Waals surface area (Å²) in [6.07, 6.45) is 3.30. The van der Waals surface area contributed by atoms with Crippen LogP contribution in [0.15, 0.2) is 18.3 Å². The molecule has 0 aliphatic carbocycles. The molecule has 1 aromatic heterocycles. The van der Waals surface area contributed by atoms with Crippen molar-refractivity contribution in [2.24, 2.45) is 0 Å². The van der Waals surface area contributed by atoms with Crippen molar-refractivity contribution < 1.29 is 4.79 Å². The summed E-state index contributed by atoms with van der Waals surface area (Å²) in [7, 11) is 1.90. The predicted octanol–water partition coefficient (Wildman–Crippen LogP) is 0.839. The van der Waals surface area contributed by atoms with Gasteiger partial charge in [0.2, 0.25) is 5.91 Å². The van der Waals surface area contributed by atoms with Crippen LogP contribution in [-0.4, -0.2) is 62.1 Å². The van der Waals surface area contributed by atoms with Gasteiger partial charge in [-0.2, -0.15) is 0 Å². The number of hydrogen-bond acceptors (Lipinski definition) is 5. The van der Waals surface area contributed by atoms with Crippen LogP contribution in [0.2, 0.25) is 0 Å². The summed E-state index contributed by atoms with van der Waals surface area (Å²) in [6, 6.07) is 4.12. The molecule has 1 saturated heterocycles. The van der Waals surface area contributed by atoms with E-state index in [2.05, 4.69) is 44.5 Å². The Morgan fingerprint density at radius 3 is 2.65 bits per heavy atom. The monoisotopic (exact) mass is 319 g/mol. The lowest BCUT2D eigenvalue weighted by atomic mass is 10.2. The van der Waals surface area contributed by atoms with Crippen molar-refractivity contribution in [1.29, 1.82) is 0 Å². The standard InChI is InChI=1S/C17H29N5O/c1-3-21-9-11-22(12-10-21)16-7-6-15(13-19-16)14-20-17(23)5-4-8-18-2/h6-7,13,18H,3-5,8-12,14H2,1-2H3,(H,20,23). The second-order valence-electron chi connectivity index (χ2n) is 5.93. The molecule has 2 N–H and O–H groups in total. The molecule has 1 amide bonds. The minimum absolute atomic E-state index is 0.0972. The van der Waals surface area contributed by atoms with Gasteiger partial charge in [-0.3, -0.25) is 4.79 Å². The fourth-order valence-corrected chi connectivity index (χ4v) is 2.72. The molecule has 0 bridgehead atoms. The third-order valence-electron chi connectivity index (χ3n) is 4.27. The van der Waals surface area contributed by atoms with E-state index in [0.717, 1.165) is 57.1 Å². The first-order chi connectivity index (χ1) is 11.2. The molecule has 128 valence electrons. The number of hydrogen-bond donors (Lipinski definition) is 2. The van der Waals surface area contributed by atoms with Crippen LogP contribution in [0.5, 0.6) is 0 Å². The zero-order valence-corrected chi connectivity index (χ0v) is 14.3. The van der Waals surface area contributed by atoms with Gasteiger partial charge >= 0.3 is 0 Å². The van der Waals surface area contributed by atoms with Gasteiger partial charge < -0.3 is 20.4 Å². The highest BCUT2D eigenvalue weighted by molar-refractivity contribution is 5.75. The van der Waals surface area contributed by atoms with Gasteiger partial charge in [-0.1, -0.05) is 13.0 Å². The van der Waals surface area contributed by atoms with E-state index >= 15 is 0 Å². The van der Waals surface area contributed by atoms with Crippen LogP contribution in [0.25, 0.3) is 0 Å². The van der Waals surface area contributed by atoms with E-state index in [9.17, 15) is 4.79 Å². The third kappa shape index (κ3) is 5.80. The normalized spacial score (nSPS) is 15.7. The summed E-state index contributed by atoms with van der Waals surface area (Å²) >= 11 is 0. The van der Waals surface area contributed by atoms with E-state index < -0.39 is 0 Å². The minimum atomic E-state index is 0.0972. The Labute approximate surface area is 139 Å². The fraction of sp³-hybridized carbons (Fsp3) is 0.647. The van der Waals surface area contributed by atoms with Crippen LogP contribution in [0.4, 0.5) is 5.82 Å². The first-order valence-corrected chi connectivity index (χ1v) is 8.56. The topological polar surface area (TPSA) is 60.5 Å². The zero-order chi connectivity index (χ0) is 16.5. The molecule has 0 atom stereocenters. The van der Waals surface area contributed by atoms with Crippen molar-refractivity contribution in [3.05, 3.63) is 23.9 Å². The molecule has 1 fully saturated rings. The quantitative estimate of drug-likeness (QED) is 0.695.